The molecular weight excluding hydrogens is 368 g/mol. The Balaban J connectivity index is 1.50. The van der Waals surface area contributed by atoms with Crippen molar-refractivity contribution in [2.24, 2.45) is 7.05 Å². The van der Waals surface area contributed by atoms with Crippen LogP contribution < -0.4 is 0 Å². The van der Waals surface area contributed by atoms with E-state index in [0.29, 0.717) is 16.8 Å². The Kier molecular flexibility index (Phi) is 4.28. The van der Waals surface area contributed by atoms with Crippen LogP contribution in [0.2, 0.25) is 0 Å². The number of benzene rings is 2. The summed E-state index contributed by atoms with van der Waals surface area (Å²) in [7, 11) is 2.02. The molecular formula is C22H20N4OS. The van der Waals surface area contributed by atoms with E-state index in [4.69, 9.17) is 0 Å². The lowest BCUT2D eigenvalue weighted by Crippen LogP contribution is -2.05. The molecule has 0 amide bonds. The van der Waals surface area contributed by atoms with E-state index in [0.717, 1.165) is 33.5 Å². The van der Waals surface area contributed by atoms with Gasteiger partial charge in [-0.15, -0.1) is 5.10 Å². The summed E-state index contributed by atoms with van der Waals surface area (Å²) in [6, 6.07) is 18.2. The zero-order valence-corrected chi connectivity index (χ0v) is 16.4. The molecule has 5 rings (SSSR count). The van der Waals surface area contributed by atoms with Crippen LogP contribution in [0, 0.1) is 0 Å². The maximum atomic E-state index is 13.3. The molecule has 0 saturated heterocycles. The number of nitrogens with zero attached hydrogens (tertiary/aromatic N) is 3. The number of carbonyl (C=O) groups excluding carboxylic acids is 1. The summed E-state index contributed by atoms with van der Waals surface area (Å²) in [5.41, 5.74) is 3.84. The smallest absolute Gasteiger partial charge is 0.208 e. The number of aromatic nitrogens is 4. The normalized spacial score (nSPS) is 13.9. The van der Waals surface area contributed by atoms with Gasteiger partial charge in [0.1, 0.15) is 5.82 Å². The van der Waals surface area contributed by atoms with Gasteiger partial charge in [-0.1, -0.05) is 60.3 Å². The predicted octanol–water partition coefficient (Wildman–Crippen LogP) is 4.82. The van der Waals surface area contributed by atoms with Crippen LogP contribution in [0.3, 0.4) is 0 Å². The highest BCUT2D eigenvalue weighted by atomic mass is 32.2. The quantitative estimate of drug-likeness (QED) is 0.380. The van der Waals surface area contributed by atoms with Crippen LogP contribution in [0.1, 0.15) is 34.9 Å². The molecule has 6 heteroatoms. The van der Waals surface area contributed by atoms with Crippen molar-refractivity contribution in [3.8, 4) is 11.3 Å². The maximum Gasteiger partial charge on any atom is 0.208 e. The number of thioether (sulfide) groups is 1. The molecule has 2 aromatic heterocycles. The maximum absolute atomic E-state index is 13.3. The monoisotopic (exact) mass is 388 g/mol. The van der Waals surface area contributed by atoms with Gasteiger partial charge in [0.2, 0.25) is 5.16 Å². The minimum Gasteiger partial charge on any atom is -0.343 e. The SMILES string of the molecule is Cn1c(-c2ccccc2)c(C(=O)CSc2n[nH]c(C3CC3)n2)c2ccccc21. The number of aryl methyl sites for hydroxylation is 1. The Morgan fingerprint density at radius 3 is 2.68 bits per heavy atom. The first-order valence-electron chi connectivity index (χ1n) is 9.43. The molecule has 0 atom stereocenters. The van der Waals surface area contributed by atoms with Crippen LogP contribution >= 0.6 is 11.8 Å². The first-order chi connectivity index (χ1) is 13.7. The standard InChI is InChI=1S/C22H20N4OS/c1-26-17-10-6-5-9-16(17)19(20(26)14-7-3-2-4-8-14)18(27)13-28-22-23-21(24-25-22)15-11-12-15/h2-10,15H,11-13H2,1H3,(H,23,24,25). The van der Waals surface area contributed by atoms with E-state index in [1.807, 2.05) is 43.4 Å². The molecule has 4 aromatic rings. The number of hydrogen-bond acceptors (Lipinski definition) is 4. The number of carbonyl (C=O) groups is 1. The summed E-state index contributed by atoms with van der Waals surface area (Å²) in [6.07, 6.45) is 2.35. The molecule has 0 spiro atoms. The minimum atomic E-state index is 0.0958. The molecule has 2 heterocycles. The summed E-state index contributed by atoms with van der Waals surface area (Å²) >= 11 is 1.40. The molecule has 28 heavy (non-hydrogen) atoms. The largest absolute Gasteiger partial charge is 0.343 e. The fraction of sp³-hybridized carbons (Fsp3) is 0.227. The Hall–Kier alpha value is -2.86. The van der Waals surface area contributed by atoms with Gasteiger partial charge in [-0.25, -0.2) is 4.98 Å². The summed E-state index contributed by atoms with van der Waals surface area (Å²) in [5.74, 6) is 1.89. The van der Waals surface area contributed by atoms with E-state index < -0.39 is 0 Å². The Morgan fingerprint density at radius 1 is 1.14 bits per heavy atom. The Bertz CT molecular complexity index is 1160. The molecule has 2 aromatic carbocycles. The van der Waals surface area contributed by atoms with Crippen molar-refractivity contribution in [2.45, 2.75) is 23.9 Å². The lowest BCUT2D eigenvalue weighted by atomic mass is 10.0. The highest BCUT2D eigenvalue weighted by Crippen LogP contribution is 2.38. The molecule has 1 aliphatic rings. The summed E-state index contributed by atoms with van der Waals surface area (Å²) < 4.78 is 2.11. The van der Waals surface area contributed by atoms with Crippen LogP contribution in [-0.4, -0.2) is 31.3 Å². The lowest BCUT2D eigenvalue weighted by Gasteiger charge is -2.07. The third-order valence-electron chi connectivity index (χ3n) is 5.21. The molecule has 0 aliphatic heterocycles. The first-order valence-corrected chi connectivity index (χ1v) is 10.4. The zero-order valence-electron chi connectivity index (χ0n) is 15.6. The number of H-pyrrole nitrogens is 1. The van der Waals surface area contributed by atoms with Crippen molar-refractivity contribution in [3.63, 3.8) is 0 Å². The van der Waals surface area contributed by atoms with Gasteiger partial charge < -0.3 is 4.57 Å². The molecule has 1 saturated carbocycles. The number of ketones is 1. The van der Waals surface area contributed by atoms with Crippen molar-refractivity contribution >= 4 is 28.4 Å². The highest BCUT2D eigenvalue weighted by molar-refractivity contribution is 7.99. The molecule has 0 radical (unpaired) electrons. The number of hydrogen-bond donors (Lipinski definition) is 1. The van der Waals surface area contributed by atoms with E-state index >= 15 is 0 Å². The van der Waals surface area contributed by atoms with E-state index in [9.17, 15) is 4.79 Å². The number of rotatable bonds is 6. The van der Waals surface area contributed by atoms with E-state index in [1.165, 1.54) is 24.6 Å². The van der Waals surface area contributed by atoms with Crippen LogP contribution in [0.25, 0.3) is 22.2 Å². The fourth-order valence-electron chi connectivity index (χ4n) is 3.67. The summed E-state index contributed by atoms with van der Waals surface area (Å²) in [5, 5.41) is 8.90. The number of Topliss-reactive ketones (excluding diaryl/α,β-unsaturated/α-hetero) is 1. The second-order valence-corrected chi connectivity index (χ2v) is 8.10. The predicted molar refractivity (Wildman–Crippen MR) is 112 cm³/mol. The van der Waals surface area contributed by atoms with Gasteiger partial charge in [-0.05, 0) is 24.5 Å². The minimum absolute atomic E-state index is 0.0958. The third kappa shape index (κ3) is 3.03. The van der Waals surface area contributed by atoms with Crippen molar-refractivity contribution < 1.29 is 4.79 Å². The van der Waals surface area contributed by atoms with Gasteiger partial charge >= 0.3 is 0 Å². The molecule has 1 fully saturated rings. The van der Waals surface area contributed by atoms with E-state index in [1.54, 1.807) is 0 Å². The Labute approximate surface area is 167 Å². The number of nitrogens with one attached hydrogen (secondary N) is 1. The van der Waals surface area contributed by atoms with Gasteiger partial charge in [0.15, 0.2) is 5.78 Å². The first kappa shape index (κ1) is 17.3. The van der Waals surface area contributed by atoms with Gasteiger partial charge in [-0.2, -0.15) is 0 Å². The molecule has 140 valence electrons. The lowest BCUT2D eigenvalue weighted by molar-refractivity contribution is 0.102. The van der Waals surface area contributed by atoms with Crippen LogP contribution in [-0.2, 0) is 7.05 Å². The second-order valence-electron chi connectivity index (χ2n) is 7.16. The molecule has 1 aliphatic carbocycles. The van der Waals surface area contributed by atoms with Crippen molar-refractivity contribution in [3.05, 3.63) is 66.0 Å². The highest BCUT2D eigenvalue weighted by Gasteiger charge is 2.27. The van der Waals surface area contributed by atoms with Gasteiger partial charge in [0.25, 0.3) is 0 Å². The van der Waals surface area contributed by atoms with Crippen molar-refractivity contribution in [1.82, 2.24) is 19.7 Å². The van der Waals surface area contributed by atoms with Gasteiger partial charge in [0, 0.05) is 23.9 Å². The second kappa shape index (κ2) is 6.95. The molecule has 1 N–H and O–H groups in total. The molecule has 0 bridgehead atoms. The van der Waals surface area contributed by atoms with Gasteiger partial charge in [0.05, 0.1) is 17.0 Å². The average Bonchev–Trinajstić information content (AvgIpc) is 3.40. The topological polar surface area (TPSA) is 63.6 Å². The van der Waals surface area contributed by atoms with Crippen LogP contribution in [0.15, 0.2) is 59.8 Å². The number of fused-ring (bicyclic) bond motifs is 1. The average molecular weight is 388 g/mol. The summed E-state index contributed by atoms with van der Waals surface area (Å²) in [4.78, 5) is 17.8. The van der Waals surface area contributed by atoms with E-state index in [2.05, 4.69) is 37.9 Å². The third-order valence-corrected chi connectivity index (χ3v) is 6.06. The van der Waals surface area contributed by atoms with Crippen molar-refractivity contribution in [2.75, 3.05) is 5.75 Å². The Morgan fingerprint density at radius 2 is 1.89 bits per heavy atom. The number of para-hydroxylation sites is 1. The van der Waals surface area contributed by atoms with Gasteiger partial charge in [-0.3, -0.25) is 9.89 Å². The zero-order chi connectivity index (χ0) is 19.1. The molecule has 5 nitrogen and oxygen atoms in total. The fourth-order valence-corrected chi connectivity index (χ4v) is 4.35. The summed E-state index contributed by atoms with van der Waals surface area (Å²) in [6.45, 7) is 0. The van der Waals surface area contributed by atoms with E-state index in [-0.39, 0.29) is 5.78 Å². The molecule has 0 unspecified atom stereocenters. The van der Waals surface area contributed by atoms with Crippen LogP contribution in [0.4, 0.5) is 0 Å². The number of aromatic amines is 1. The van der Waals surface area contributed by atoms with Crippen molar-refractivity contribution in [1.29, 1.82) is 0 Å². The van der Waals surface area contributed by atoms with Crippen LogP contribution in [0.5, 0.6) is 0 Å².